The van der Waals surface area contributed by atoms with Crippen LogP contribution in [-0.4, -0.2) is 11.6 Å². The molecule has 2 aromatic carbocycles. The standard InChI is InChI=1S/C20H22N2OS/c1-5-23-17-9-7-16(8-10-17)21-20-22-19(15(4)24-20)18-11-6-13(2)12-14(18)3/h6-12H,5H2,1-4H3,(H,21,22). The van der Waals surface area contributed by atoms with Gasteiger partial charge in [0, 0.05) is 16.1 Å². The van der Waals surface area contributed by atoms with Crippen LogP contribution in [0.4, 0.5) is 10.8 Å². The second kappa shape index (κ2) is 7.05. The normalized spacial score (nSPS) is 10.7. The molecule has 1 heterocycles. The van der Waals surface area contributed by atoms with E-state index in [0.29, 0.717) is 6.61 Å². The van der Waals surface area contributed by atoms with Crippen LogP contribution in [0.2, 0.25) is 0 Å². The second-order valence-corrected chi connectivity index (χ2v) is 7.03. The van der Waals surface area contributed by atoms with E-state index in [2.05, 4.69) is 44.3 Å². The van der Waals surface area contributed by atoms with Crippen LogP contribution in [0.15, 0.2) is 42.5 Å². The summed E-state index contributed by atoms with van der Waals surface area (Å²) in [6.45, 7) is 9.04. The number of hydrogen-bond acceptors (Lipinski definition) is 4. The van der Waals surface area contributed by atoms with E-state index in [0.717, 1.165) is 22.3 Å². The van der Waals surface area contributed by atoms with Crippen LogP contribution in [0.1, 0.15) is 22.9 Å². The first-order valence-electron chi connectivity index (χ1n) is 8.11. The number of nitrogens with zero attached hydrogens (tertiary/aromatic N) is 1. The Bertz CT molecular complexity index is 837. The SMILES string of the molecule is CCOc1ccc(Nc2nc(-c3ccc(C)cc3C)c(C)s2)cc1. The molecule has 1 N–H and O–H groups in total. The van der Waals surface area contributed by atoms with Gasteiger partial charge in [0.05, 0.1) is 12.3 Å². The first-order chi connectivity index (χ1) is 11.6. The fourth-order valence-electron chi connectivity index (χ4n) is 2.70. The van der Waals surface area contributed by atoms with Crippen LogP contribution in [0.25, 0.3) is 11.3 Å². The van der Waals surface area contributed by atoms with Gasteiger partial charge >= 0.3 is 0 Å². The van der Waals surface area contributed by atoms with Crippen molar-refractivity contribution in [1.82, 2.24) is 4.98 Å². The fourth-order valence-corrected chi connectivity index (χ4v) is 3.55. The molecule has 0 aliphatic rings. The molecule has 24 heavy (non-hydrogen) atoms. The largest absolute Gasteiger partial charge is 0.494 e. The van der Waals surface area contributed by atoms with Gasteiger partial charge in [-0.05, 0) is 57.5 Å². The molecule has 0 aliphatic heterocycles. The summed E-state index contributed by atoms with van der Waals surface area (Å²) in [7, 11) is 0. The molecular formula is C20H22N2OS. The molecule has 0 bridgehead atoms. The summed E-state index contributed by atoms with van der Waals surface area (Å²) in [5.74, 6) is 0.884. The summed E-state index contributed by atoms with van der Waals surface area (Å²) < 4.78 is 5.47. The van der Waals surface area contributed by atoms with Crippen molar-refractivity contribution in [3.8, 4) is 17.0 Å². The maximum Gasteiger partial charge on any atom is 0.187 e. The number of hydrogen-bond donors (Lipinski definition) is 1. The lowest BCUT2D eigenvalue weighted by molar-refractivity contribution is 0.340. The summed E-state index contributed by atoms with van der Waals surface area (Å²) in [6.07, 6.45) is 0. The predicted octanol–water partition coefficient (Wildman–Crippen LogP) is 5.88. The van der Waals surface area contributed by atoms with Gasteiger partial charge in [0.25, 0.3) is 0 Å². The van der Waals surface area contributed by atoms with Crippen molar-refractivity contribution < 1.29 is 4.74 Å². The highest BCUT2D eigenvalue weighted by Gasteiger charge is 2.12. The molecule has 124 valence electrons. The highest BCUT2D eigenvalue weighted by atomic mass is 32.1. The summed E-state index contributed by atoms with van der Waals surface area (Å²) in [5, 5.41) is 4.30. The lowest BCUT2D eigenvalue weighted by Gasteiger charge is -2.06. The van der Waals surface area contributed by atoms with E-state index in [1.165, 1.54) is 21.6 Å². The van der Waals surface area contributed by atoms with Gasteiger partial charge in [-0.2, -0.15) is 0 Å². The van der Waals surface area contributed by atoms with Crippen molar-refractivity contribution in [3.05, 3.63) is 58.5 Å². The average molecular weight is 338 g/mol. The molecule has 0 spiro atoms. The van der Waals surface area contributed by atoms with Crippen molar-refractivity contribution in [2.24, 2.45) is 0 Å². The van der Waals surface area contributed by atoms with Gasteiger partial charge in [-0.1, -0.05) is 23.8 Å². The Hall–Kier alpha value is -2.33. The number of aryl methyl sites for hydroxylation is 3. The molecule has 0 saturated heterocycles. The Morgan fingerprint density at radius 3 is 2.46 bits per heavy atom. The third-order valence-corrected chi connectivity index (χ3v) is 4.74. The zero-order chi connectivity index (χ0) is 17.1. The predicted molar refractivity (Wildman–Crippen MR) is 103 cm³/mol. The van der Waals surface area contributed by atoms with Gasteiger partial charge in [-0.3, -0.25) is 0 Å². The molecule has 4 heteroatoms. The molecule has 1 aromatic heterocycles. The molecule has 0 atom stereocenters. The van der Waals surface area contributed by atoms with Crippen molar-refractivity contribution in [1.29, 1.82) is 0 Å². The number of thiazole rings is 1. The topological polar surface area (TPSA) is 34.1 Å². The average Bonchev–Trinajstić information content (AvgIpc) is 2.90. The Morgan fingerprint density at radius 1 is 1.04 bits per heavy atom. The van der Waals surface area contributed by atoms with Gasteiger partial charge in [-0.15, -0.1) is 11.3 Å². The lowest BCUT2D eigenvalue weighted by atomic mass is 10.0. The summed E-state index contributed by atoms with van der Waals surface area (Å²) in [4.78, 5) is 6.02. The van der Waals surface area contributed by atoms with Crippen molar-refractivity contribution in [2.45, 2.75) is 27.7 Å². The van der Waals surface area contributed by atoms with Crippen LogP contribution >= 0.6 is 11.3 Å². The van der Waals surface area contributed by atoms with Crippen molar-refractivity contribution in [3.63, 3.8) is 0 Å². The monoisotopic (exact) mass is 338 g/mol. The Labute approximate surface area is 147 Å². The van der Waals surface area contributed by atoms with Gasteiger partial charge in [0.15, 0.2) is 5.13 Å². The maximum atomic E-state index is 5.47. The highest BCUT2D eigenvalue weighted by molar-refractivity contribution is 7.16. The summed E-state index contributed by atoms with van der Waals surface area (Å²) in [5.41, 5.74) is 5.81. The number of rotatable bonds is 5. The van der Waals surface area contributed by atoms with Crippen LogP contribution in [-0.2, 0) is 0 Å². The van der Waals surface area contributed by atoms with E-state index in [9.17, 15) is 0 Å². The molecule has 3 nitrogen and oxygen atoms in total. The summed E-state index contributed by atoms with van der Waals surface area (Å²) in [6, 6.07) is 14.5. The quantitative estimate of drug-likeness (QED) is 0.631. The van der Waals surface area contributed by atoms with E-state index >= 15 is 0 Å². The zero-order valence-corrected chi connectivity index (χ0v) is 15.3. The molecule has 0 saturated carbocycles. The lowest BCUT2D eigenvalue weighted by Crippen LogP contribution is -1.93. The minimum absolute atomic E-state index is 0.678. The van der Waals surface area contributed by atoms with E-state index in [4.69, 9.17) is 9.72 Å². The van der Waals surface area contributed by atoms with Gasteiger partial charge in [0.1, 0.15) is 5.75 Å². The number of ether oxygens (including phenoxy) is 1. The molecule has 0 amide bonds. The van der Waals surface area contributed by atoms with Crippen LogP contribution < -0.4 is 10.1 Å². The van der Waals surface area contributed by atoms with E-state index < -0.39 is 0 Å². The van der Waals surface area contributed by atoms with E-state index in [1.54, 1.807) is 11.3 Å². The molecule has 0 aliphatic carbocycles. The van der Waals surface area contributed by atoms with Crippen molar-refractivity contribution >= 4 is 22.2 Å². The number of anilines is 2. The molecular weight excluding hydrogens is 316 g/mol. The molecule has 0 fully saturated rings. The maximum absolute atomic E-state index is 5.47. The first kappa shape index (κ1) is 16.5. The van der Waals surface area contributed by atoms with Crippen LogP contribution in [0, 0.1) is 20.8 Å². The number of nitrogens with one attached hydrogen (secondary N) is 1. The molecule has 0 unspecified atom stereocenters. The van der Waals surface area contributed by atoms with Gasteiger partial charge < -0.3 is 10.1 Å². The Balaban J connectivity index is 1.83. The minimum atomic E-state index is 0.678. The number of aromatic nitrogens is 1. The van der Waals surface area contributed by atoms with E-state index in [-0.39, 0.29) is 0 Å². The highest BCUT2D eigenvalue weighted by Crippen LogP contribution is 2.34. The fraction of sp³-hybridized carbons (Fsp3) is 0.250. The van der Waals surface area contributed by atoms with Crippen molar-refractivity contribution in [2.75, 3.05) is 11.9 Å². The third kappa shape index (κ3) is 3.60. The Morgan fingerprint density at radius 2 is 1.79 bits per heavy atom. The number of benzene rings is 2. The van der Waals surface area contributed by atoms with Crippen LogP contribution in [0.5, 0.6) is 5.75 Å². The molecule has 3 rings (SSSR count). The molecule has 3 aromatic rings. The third-order valence-electron chi connectivity index (χ3n) is 3.85. The minimum Gasteiger partial charge on any atom is -0.494 e. The Kier molecular flexibility index (Phi) is 4.86. The van der Waals surface area contributed by atoms with E-state index in [1.807, 2.05) is 31.2 Å². The summed E-state index contributed by atoms with van der Waals surface area (Å²) >= 11 is 1.68. The van der Waals surface area contributed by atoms with Gasteiger partial charge in [0.2, 0.25) is 0 Å². The van der Waals surface area contributed by atoms with Crippen LogP contribution in [0.3, 0.4) is 0 Å². The molecule has 0 radical (unpaired) electrons. The van der Waals surface area contributed by atoms with Gasteiger partial charge in [-0.25, -0.2) is 4.98 Å². The second-order valence-electron chi connectivity index (χ2n) is 5.82. The zero-order valence-electron chi connectivity index (χ0n) is 14.5. The smallest absolute Gasteiger partial charge is 0.187 e. The first-order valence-corrected chi connectivity index (χ1v) is 8.93.